The van der Waals surface area contributed by atoms with Crippen LogP contribution in [0.25, 0.3) is 5.52 Å². The lowest BCUT2D eigenvalue weighted by Crippen LogP contribution is -1.84. The first kappa shape index (κ1) is 6.15. The Bertz CT molecular complexity index is 353. The molecule has 0 spiro atoms. The van der Waals surface area contributed by atoms with Crippen molar-refractivity contribution in [2.45, 2.75) is 0 Å². The SMILES string of the molecule is Ic1ccn2nccc2c1. The summed E-state index contributed by atoms with van der Waals surface area (Å²) in [6.45, 7) is 0. The van der Waals surface area contributed by atoms with E-state index in [-0.39, 0.29) is 0 Å². The summed E-state index contributed by atoms with van der Waals surface area (Å²) in [5, 5.41) is 4.07. The predicted molar refractivity (Wildman–Crippen MR) is 47.9 cm³/mol. The van der Waals surface area contributed by atoms with Gasteiger partial charge in [0.1, 0.15) is 0 Å². The summed E-state index contributed by atoms with van der Waals surface area (Å²) in [4.78, 5) is 0. The number of aromatic nitrogens is 2. The van der Waals surface area contributed by atoms with Crippen LogP contribution in [0.4, 0.5) is 0 Å². The minimum absolute atomic E-state index is 1.15. The fraction of sp³-hybridized carbons (Fsp3) is 0. The molecule has 0 fully saturated rings. The van der Waals surface area contributed by atoms with Gasteiger partial charge in [-0.15, -0.1) is 0 Å². The minimum atomic E-state index is 1.15. The van der Waals surface area contributed by atoms with Crippen molar-refractivity contribution in [3.8, 4) is 0 Å². The van der Waals surface area contributed by atoms with Gasteiger partial charge in [-0.05, 0) is 40.8 Å². The Hall–Kier alpha value is -0.580. The van der Waals surface area contributed by atoms with Crippen LogP contribution in [0, 0.1) is 3.57 Å². The molecule has 2 aromatic heterocycles. The number of halogens is 1. The molecule has 0 amide bonds. The van der Waals surface area contributed by atoms with Crippen molar-refractivity contribution in [1.82, 2.24) is 9.61 Å². The summed E-state index contributed by atoms with van der Waals surface area (Å²) < 4.78 is 3.09. The Kier molecular flexibility index (Phi) is 1.37. The minimum Gasteiger partial charge on any atom is -0.241 e. The molecule has 2 aromatic rings. The van der Waals surface area contributed by atoms with Gasteiger partial charge < -0.3 is 0 Å². The highest BCUT2D eigenvalue weighted by Crippen LogP contribution is 2.07. The van der Waals surface area contributed by atoms with Crippen LogP contribution in [0.15, 0.2) is 30.6 Å². The number of hydrogen-bond acceptors (Lipinski definition) is 1. The number of hydrogen-bond donors (Lipinski definition) is 0. The van der Waals surface area contributed by atoms with Gasteiger partial charge in [-0.3, -0.25) is 0 Å². The number of pyridine rings is 1. The lowest BCUT2D eigenvalue weighted by molar-refractivity contribution is 0.959. The quantitative estimate of drug-likeness (QED) is 0.647. The van der Waals surface area contributed by atoms with Gasteiger partial charge in [0.15, 0.2) is 0 Å². The summed E-state index contributed by atoms with van der Waals surface area (Å²) in [6.07, 6.45) is 3.75. The molecule has 0 bridgehead atoms. The van der Waals surface area contributed by atoms with E-state index in [9.17, 15) is 0 Å². The van der Waals surface area contributed by atoms with E-state index >= 15 is 0 Å². The maximum atomic E-state index is 4.07. The number of rotatable bonds is 0. The Morgan fingerprint density at radius 1 is 1.40 bits per heavy atom. The van der Waals surface area contributed by atoms with Gasteiger partial charge in [0.25, 0.3) is 0 Å². The molecule has 0 N–H and O–H groups in total. The summed E-state index contributed by atoms with van der Waals surface area (Å²) in [5.41, 5.74) is 1.15. The smallest absolute Gasteiger partial charge is 0.0672 e. The van der Waals surface area contributed by atoms with E-state index in [0.29, 0.717) is 0 Å². The lowest BCUT2D eigenvalue weighted by Gasteiger charge is -1.91. The molecule has 0 unspecified atom stereocenters. The van der Waals surface area contributed by atoms with E-state index in [2.05, 4.69) is 33.8 Å². The van der Waals surface area contributed by atoms with Crippen molar-refractivity contribution < 1.29 is 0 Å². The molecule has 2 heterocycles. The molecule has 0 aliphatic carbocycles. The van der Waals surface area contributed by atoms with Gasteiger partial charge in [0.2, 0.25) is 0 Å². The van der Waals surface area contributed by atoms with Gasteiger partial charge in [-0.25, -0.2) is 4.52 Å². The zero-order valence-corrected chi connectivity index (χ0v) is 7.32. The first-order valence-corrected chi connectivity index (χ1v) is 4.03. The van der Waals surface area contributed by atoms with E-state index in [1.165, 1.54) is 3.57 Å². The molecule has 0 aliphatic rings. The van der Waals surface area contributed by atoms with Gasteiger partial charge in [-0.1, -0.05) is 0 Å². The largest absolute Gasteiger partial charge is 0.241 e. The van der Waals surface area contributed by atoms with Crippen LogP contribution >= 0.6 is 22.6 Å². The molecular weight excluding hydrogens is 239 g/mol. The molecule has 2 rings (SSSR count). The highest BCUT2D eigenvalue weighted by molar-refractivity contribution is 14.1. The Balaban J connectivity index is 2.86. The average molecular weight is 244 g/mol. The summed E-state index contributed by atoms with van der Waals surface area (Å²) in [7, 11) is 0. The highest BCUT2D eigenvalue weighted by Gasteiger charge is 1.91. The molecular formula is C7H5IN2. The predicted octanol–water partition coefficient (Wildman–Crippen LogP) is 1.94. The van der Waals surface area contributed by atoms with Crippen LogP contribution in [-0.2, 0) is 0 Å². The fourth-order valence-electron chi connectivity index (χ4n) is 0.895. The van der Waals surface area contributed by atoms with Gasteiger partial charge in [-0.2, -0.15) is 5.10 Å². The van der Waals surface area contributed by atoms with E-state index in [0.717, 1.165) is 5.52 Å². The van der Waals surface area contributed by atoms with Crippen LogP contribution in [0.5, 0.6) is 0 Å². The first-order chi connectivity index (χ1) is 4.86. The van der Waals surface area contributed by atoms with Gasteiger partial charge in [0.05, 0.1) is 5.52 Å². The van der Waals surface area contributed by atoms with Gasteiger partial charge in [0, 0.05) is 16.0 Å². The molecule has 50 valence electrons. The Labute approximate surface area is 72.0 Å². The normalized spacial score (nSPS) is 10.5. The van der Waals surface area contributed by atoms with E-state index in [4.69, 9.17) is 0 Å². The third-order valence-electron chi connectivity index (χ3n) is 1.36. The molecule has 0 saturated heterocycles. The topological polar surface area (TPSA) is 17.3 Å². The zero-order chi connectivity index (χ0) is 6.97. The van der Waals surface area contributed by atoms with Crippen molar-refractivity contribution in [2.24, 2.45) is 0 Å². The van der Waals surface area contributed by atoms with E-state index in [1.807, 2.05) is 22.8 Å². The Morgan fingerprint density at radius 2 is 2.30 bits per heavy atom. The zero-order valence-electron chi connectivity index (χ0n) is 5.16. The standard InChI is InChI=1S/C7H5IN2/c8-6-2-4-10-7(5-6)1-3-9-10/h1-5H. The second-order valence-electron chi connectivity index (χ2n) is 2.05. The monoisotopic (exact) mass is 244 g/mol. The molecule has 10 heavy (non-hydrogen) atoms. The van der Waals surface area contributed by atoms with E-state index in [1.54, 1.807) is 6.20 Å². The summed E-state index contributed by atoms with van der Waals surface area (Å²) >= 11 is 2.28. The third kappa shape index (κ3) is 0.901. The van der Waals surface area contributed by atoms with Crippen molar-refractivity contribution in [2.75, 3.05) is 0 Å². The average Bonchev–Trinajstić information content (AvgIpc) is 2.33. The van der Waals surface area contributed by atoms with Crippen LogP contribution in [-0.4, -0.2) is 9.61 Å². The van der Waals surface area contributed by atoms with Crippen molar-refractivity contribution >= 4 is 28.1 Å². The van der Waals surface area contributed by atoms with Crippen LogP contribution in [0.2, 0.25) is 0 Å². The number of fused-ring (bicyclic) bond motifs is 1. The van der Waals surface area contributed by atoms with Gasteiger partial charge >= 0.3 is 0 Å². The molecule has 0 aliphatic heterocycles. The van der Waals surface area contributed by atoms with Crippen LogP contribution < -0.4 is 0 Å². The van der Waals surface area contributed by atoms with E-state index < -0.39 is 0 Å². The van der Waals surface area contributed by atoms with Crippen LogP contribution in [0.1, 0.15) is 0 Å². The molecule has 0 aromatic carbocycles. The fourth-order valence-corrected chi connectivity index (χ4v) is 1.37. The molecule has 0 atom stereocenters. The highest BCUT2D eigenvalue weighted by atomic mass is 127. The van der Waals surface area contributed by atoms with Crippen molar-refractivity contribution in [3.05, 3.63) is 34.2 Å². The first-order valence-electron chi connectivity index (χ1n) is 2.95. The van der Waals surface area contributed by atoms with Crippen molar-refractivity contribution in [1.29, 1.82) is 0 Å². The third-order valence-corrected chi connectivity index (χ3v) is 2.03. The second kappa shape index (κ2) is 2.23. The number of nitrogens with zero attached hydrogens (tertiary/aromatic N) is 2. The molecule has 0 radical (unpaired) electrons. The summed E-state index contributed by atoms with van der Waals surface area (Å²) in [6, 6.07) is 6.11. The molecule has 0 saturated carbocycles. The molecule has 3 heteroatoms. The van der Waals surface area contributed by atoms with Crippen LogP contribution in [0.3, 0.4) is 0 Å². The molecule has 2 nitrogen and oxygen atoms in total. The van der Waals surface area contributed by atoms with Crippen molar-refractivity contribution in [3.63, 3.8) is 0 Å². The summed E-state index contributed by atoms with van der Waals surface area (Å²) in [5.74, 6) is 0. The maximum Gasteiger partial charge on any atom is 0.0672 e. The lowest BCUT2D eigenvalue weighted by atomic mass is 10.4. The second-order valence-corrected chi connectivity index (χ2v) is 3.29. The Morgan fingerprint density at radius 3 is 3.20 bits per heavy atom. The maximum absolute atomic E-state index is 4.07.